The lowest BCUT2D eigenvalue weighted by Crippen LogP contribution is -2.25. The van der Waals surface area contributed by atoms with Crippen LogP contribution < -0.4 is 10.5 Å². The lowest BCUT2D eigenvalue weighted by Gasteiger charge is -2.15. The van der Waals surface area contributed by atoms with E-state index < -0.39 is 0 Å². The summed E-state index contributed by atoms with van der Waals surface area (Å²) in [5.41, 5.74) is 8.29. The molecule has 0 saturated carbocycles. The molecule has 0 aliphatic heterocycles. The van der Waals surface area contributed by atoms with Gasteiger partial charge < -0.3 is 10.5 Å². The maximum atomic E-state index is 6.22. The molecule has 0 aliphatic rings. The molecule has 1 atom stereocenters. The highest BCUT2D eigenvalue weighted by Gasteiger charge is 2.12. The van der Waals surface area contributed by atoms with Crippen LogP contribution in [0.25, 0.3) is 0 Å². The van der Waals surface area contributed by atoms with Gasteiger partial charge in [0.25, 0.3) is 0 Å². The highest BCUT2D eigenvalue weighted by Crippen LogP contribution is 2.27. The Hall–Kier alpha value is -1.22. The number of hydrogen-bond acceptors (Lipinski definition) is 2. The first-order valence-corrected chi connectivity index (χ1v) is 7.17. The third-order valence-corrected chi connectivity index (χ3v) is 4.05. The summed E-state index contributed by atoms with van der Waals surface area (Å²) in [6.45, 7) is 0. The summed E-state index contributed by atoms with van der Waals surface area (Å²) in [5, 5.41) is 1.15. The molecule has 0 bridgehead atoms. The summed E-state index contributed by atoms with van der Waals surface area (Å²) in [6.07, 6.45) is 1.41. The number of methoxy groups -OCH3 is 1. The maximum absolute atomic E-state index is 6.22. The van der Waals surface area contributed by atoms with E-state index in [4.69, 9.17) is 33.7 Å². The Labute approximate surface area is 129 Å². The Bertz CT molecular complexity index is 586. The summed E-state index contributed by atoms with van der Waals surface area (Å²) >= 11 is 12.2. The van der Waals surface area contributed by atoms with E-state index in [1.54, 1.807) is 13.2 Å². The van der Waals surface area contributed by atoms with Crippen LogP contribution in [0.1, 0.15) is 11.1 Å². The van der Waals surface area contributed by atoms with E-state index in [2.05, 4.69) is 0 Å². The van der Waals surface area contributed by atoms with Gasteiger partial charge in [-0.25, -0.2) is 0 Å². The summed E-state index contributed by atoms with van der Waals surface area (Å²) in [4.78, 5) is 0. The predicted octanol–water partition coefficient (Wildman–Crippen LogP) is 4.11. The second kappa shape index (κ2) is 6.98. The molecule has 4 heteroatoms. The van der Waals surface area contributed by atoms with Crippen molar-refractivity contribution in [3.63, 3.8) is 0 Å². The minimum absolute atomic E-state index is 0.0396. The van der Waals surface area contributed by atoms with Crippen LogP contribution in [0.4, 0.5) is 0 Å². The smallest absolute Gasteiger partial charge is 0.122 e. The molecule has 1 unspecified atom stereocenters. The zero-order chi connectivity index (χ0) is 14.5. The standard InChI is InChI=1S/C16H17Cl2NO/c1-20-15-8-3-2-5-11(15)9-13(19)10-12-6-4-7-14(17)16(12)18/h2-8,13H,9-10,19H2,1H3. The molecular weight excluding hydrogens is 293 g/mol. The van der Waals surface area contributed by atoms with Crippen LogP contribution in [0.5, 0.6) is 5.75 Å². The molecule has 0 saturated heterocycles. The van der Waals surface area contributed by atoms with Gasteiger partial charge in [-0.1, -0.05) is 53.5 Å². The largest absolute Gasteiger partial charge is 0.496 e. The topological polar surface area (TPSA) is 35.2 Å². The molecule has 0 amide bonds. The molecule has 0 aromatic heterocycles. The Kier molecular flexibility index (Phi) is 5.30. The second-order valence-corrected chi connectivity index (χ2v) is 5.48. The summed E-state index contributed by atoms with van der Waals surface area (Å²) in [5.74, 6) is 0.861. The van der Waals surface area contributed by atoms with Gasteiger partial charge in [0.15, 0.2) is 0 Å². The van der Waals surface area contributed by atoms with Gasteiger partial charge in [-0.15, -0.1) is 0 Å². The molecule has 2 aromatic rings. The molecule has 2 nitrogen and oxygen atoms in total. The molecular formula is C16H17Cl2NO. The van der Waals surface area contributed by atoms with E-state index in [9.17, 15) is 0 Å². The Balaban J connectivity index is 2.09. The molecule has 2 rings (SSSR count). The molecule has 0 aliphatic carbocycles. The van der Waals surface area contributed by atoms with Crippen LogP contribution in [-0.4, -0.2) is 13.2 Å². The summed E-state index contributed by atoms with van der Waals surface area (Å²) in [7, 11) is 1.66. The second-order valence-electron chi connectivity index (χ2n) is 4.69. The van der Waals surface area contributed by atoms with Crippen LogP contribution in [-0.2, 0) is 12.8 Å². The first kappa shape index (κ1) is 15.2. The van der Waals surface area contributed by atoms with Crippen molar-refractivity contribution in [2.45, 2.75) is 18.9 Å². The van der Waals surface area contributed by atoms with E-state index in [0.29, 0.717) is 16.5 Å². The number of benzene rings is 2. The first-order chi connectivity index (χ1) is 9.61. The van der Waals surface area contributed by atoms with Gasteiger partial charge in [-0.05, 0) is 36.1 Å². The van der Waals surface area contributed by atoms with Crippen molar-refractivity contribution in [2.75, 3.05) is 7.11 Å². The van der Waals surface area contributed by atoms with Gasteiger partial charge in [0.05, 0.1) is 17.2 Å². The van der Waals surface area contributed by atoms with Crippen molar-refractivity contribution in [1.82, 2.24) is 0 Å². The number of halogens is 2. The van der Waals surface area contributed by atoms with Gasteiger partial charge in [0, 0.05) is 6.04 Å². The van der Waals surface area contributed by atoms with E-state index in [-0.39, 0.29) is 6.04 Å². The number of hydrogen-bond donors (Lipinski definition) is 1. The number of nitrogens with two attached hydrogens (primary N) is 1. The van der Waals surface area contributed by atoms with Crippen molar-refractivity contribution >= 4 is 23.2 Å². The Morgan fingerprint density at radius 2 is 1.65 bits per heavy atom. The van der Waals surface area contributed by atoms with Crippen LogP contribution in [0.15, 0.2) is 42.5 Å². The fourth-order valence-corrected chi connectivity index (χ4v) is 2.61. The van der Waals surface area contributed by atoms with Crippen molar-refractivity contribution < 1.29 is 4.74 Å². The number of para-hydroxylation sites is 1. The monoisotopic (exact) mass is 309 g/mol. The molecule has 2 N–H and O–H groups in total. The number of ether oxygens (including phenoxy) is 1. The van der Waals surface area contributed by atoms with Gasteiger partial charge in [-0.3, -0.25) is 0 Å². The van der Waals surface area contributed by atoms with E-state index in [0.717, 1.165) is 23.3 Å². The lowest BCUT2D eigenvalue weighted by molar-refractivity contribution is 0.408. The van der Waals surface area contributed by atoms with Crippen molar-refractivity contribution in [2.24, 2.45) is 5.73 Å². The average Bonchev–Trinajstić information content (AvgIpc) is 2.44. The zero-order valence-electron chi connectivity index (χ0n) is 11.3. The maximum Gasteiger partial charge on any atom is 0.122 e. The molecule has 106 valence electrons. The highest BCUT2D eigenvalue weighted by molar-refractivity contribution is 6.42. The van der Waals surface area contributed by atoms with Gasteiger partial charge in [0.1, 0.15) is 5.75 Å². The number of rotatable bonds is 5. The van der Waals surface area contributed by atoms with E-state index >= 15 is 0 Å². The molecule has 2 aromatic carbocycles. The van der Waals surface area contributed by atoms with Crippen LogP contribution in [0.2, 0.25) is 10.0 Å². The summed E-state index contributed by atoms with van der Waals surface area (Å²) in [6, 6.07) is 13.5. The van der Waals surface area contributed by atoms with Gasteiger partial charge in [0.2, 0.25) is 0 Å². The molecule has 20 heavy (non-hydrogen) atoms. The fourth-order valence-electron chi connectivity index (χ4n) is 2.21. The molecule has 0 heterocycles. The van der Waals surface area contributed by atoms with E-state index in [1.165, 1.54) is 0 Å². The van der Waals surface area contributed by atoms with Crippen molar-refractivity contribution in [3.05, 3.63) is 63.6 Å². The first-order valence-electron chi connectivity index (χ1n) is 6.42. The minimum Gasteiger partial charge on any atom is -0.496 e. The van der Waals surface area contributed by atoms with Gasteiger partial charge in [-0.2, -0.15) is 0 Å². The van der Waals surface area contributed by atoms with Crippen LogP contribution in [0.3, 0.4) is 0 Å². The van der Waals surface area contributed by atoms with Crippen LogP contribution in [0, 0.1) is 0 Å². The van der Waals surface area contributed by atoms with Crippen molar-refractivity contribution in [3.8, 4) is 5.75 Å². The SMILES string of the molecule is COc1ccccc1CC(N)Cc1cccc(Cl)c1Cl. The zero-order valence-corrected chi connectivity index (χ0v) is 12.8. The normalized spacial score (nSPS) is 12.2. The Morgan fingerprint density at radius 3 is 2.40 bits per heavy atom. The summed E-state index contributed by atoms with van der Waals surface area (Å²) < 4.78 is 5.34. The van der Waals surface area contributed by atoms with Gasteiger partial charge >= 0.3 is 0 Å². The quantitative estimate of drug-likeness (QED) is 0.902. The minimum atomic E-state index is -0.0396. The average molecular weight is 310 g/mol. The molecule has 0 radical (unpaired) electrons. The Morgan fingerprint density at radius 1 is 1.00 bits per heavy atom. The highest BCUT2D eigenvalue weighted by atomic mass is 35.5. The molecule has 0 fully saturated rings. The van der Waals surface area contributed by atoms with Crippen LogP contribution >= 0.6 is 23.2 Å². The third kappa shape index (κ3) is 3.66. The lowest BCUT2D eigenvalue weighted by atomic mass is 9.99. The molecule has 0 spiro atoms. The fraction of sp³-hybridized carbons (Fsp3) is 0.250. The van der Waals surface area contributed by atoms with E-state index in [1.807, 2.05) is 36.4 Å². The van der Waals surface area contributed by atoms with Crippen molar-refractivity contribution in [1.29, 1.82) is 0 Å². The predicted molar refractivity (Wildman–Crippen MR) is 84.8 cm³/mol. The third-order valence-electron chi connectivity index (χ3n) is 3.19.